The Morgan fingerprint density at radius 1 is 1.05 bits per heavy atom. The summed E-state index contributed by atoms with van der Waals surface area (Å²) in [4.78, 5) is 32.1. The van der Waals surface area contributed by atoms with E-state index in [-0.39, 0.29) is 16.5 Å². The van der Waals surface area contributed by atoms with Gasteiger partial charge in [0.25, 0.3) is 5.78 Å². The summed E-state index contributed by atoms with van der Waals surface area (Å²) in [5.74, 6) is -0.549. The van der Waals surface area contributed by atoms with E-state index in [2.05, 4.69) is 15.2 Å². The molecule has 2 aromatic heterocycles. The molecule has 0 spiro atoms. The van der Waals surface area contributed by atoms with Gasteiger partial charge in [-0.2, -0.15) is 0 Å². The Morgan fingerprint density at radius 2 is 1.84 bits per heavy atom. The van der Waals surface area contributed by atoms with Crippen LogP contribution in [0.1, 0.15) is 36.1 Å². The minimum atomic E-state index is -0.909. The summed E-state index contributed by atoms with van der Waals surface area (Å²) in [6, 6.07) is 19.4. The van der Waals surface area contributed by atoms with Gasteiger partial charge in [0.05, 0.1) is 18.2 Å². The third-order valence-electron chi connectivity index (χ3n) is 5.85. The number of anilines is 1. The summed E-state index contributed by atoms with van der Waals surface area (Å²) in [5, 5.41) is 20.0. The van der Waals surface area contributed by atoms with E-state index in [4.69, 9.17) is 4.74 Å². The van der Waals surface area contributed by atoms with Crippen LogP contribution in [0.2, 0.25) is 0 Å². The van der Waals surface area contributed by atoms with Crippen molar-refractivity contribution in [3.05, 3.63) is 101 Å². The number of pyridine rings is 1. The summed E-state index contributed by atoms with van der Waals surface area (Å²) < 4.78 is 6.47. The number of carbonyl (C=O) groups is 2. The van der Waals surface area contributed by atoms with Crippen molar-refractivity contribution in [3.8, 4) is 5.75 Å². The third kappa shape index (κ3) is 5.32. The molecule has 1 amide bonds. The van der Waals surface area contributed by atoms with E-state index in [1.165, 1.54) is 40.4 Å². The standard InChI is InChI=1S/C28H24N4O4S2/c1-2-15-36-21-10-6-9-20(16-21)23-22(24(33)19-11-13-29-14-12-19)25(34)26(35)32(23)27-30-31-28(38-27)37-17-18-7-4-3-5-8-18/h3-14,16,23,33H,2,15,17H2,1H3. The molecule has 0 radical (unpaired) electrons. The quantitative estimate of drug-likeness (QED) is 0.0949. The van der Waals surface area contributed by atoms with Crippen LogP contribution in [-0.2, 0) is 15.3 Å². The summed E-state index contributed by atoms with van der Waals surface area (Å²) >= 11 is 2.73. The first-order valence-corrected chi connectivity index (χ1v) is 13.8. The van der Waals surface area contributed by atoms with E-state index in [0.717, 1.165) is 12.0 Å². The van der Waals surface area contributed by atoms with Crippen LogP contribution in [0.15, 0.2) is 89.0 Å². The first-order chi connectivity index (χ1) is 18.6. The number of hydrogen-bond acceptors (Lipinski definition) is 9. The lowest BCUT2D eigenvalue weighted by Crippen LogP contribution is -2.29. The second-order valence-corrected chi connectivity index (χ2v) is 10.6. The van der Waals surface area contributed by atoms with Crippen molar-refractivity contribution in [3.63, 3.8) is 0 Å². The first-order valence-electron chi connectivity index (χ1n) is 12.0. The van der Waals surface area contributed by atoms with Crippen molar-refractivity contribution in [2.75, 3.05) is 11.5 Å². The molecule has 3 heterocycles. The van der Waals surface area contributed by atoms with Gasteiger partial charge in [-0.05, 0) is 41.8 Å². The zero-order valence-electron chi connectivity index (χ0n) is 20.5. The van der Waals surface area contributed by atoms with Gasteiger partial charge >= 0.3 is 5.91 Å². The Bertz CT molecular complexity index is 1470. The molecule has 1 N–H and O–H groups in total. The zero-order chi connectivity index (χ0) is 26.5. The van der Waals surface area contributed by atoms with Crippen LogP contribution in [0.5, 0.6) is 5.75 Å². The minimum absolute atomic E-state index is 0.0254. The smallest absolute Gasteiger partial charge is 0.301 e. The highest BCUT2D eigenvalue weighted by Crippen LogP contribution is 2.44. The predicted molar refractivity (Wildman–Crippen MR) is 147 cm³/mol. The molecule has 0 bridgehead atoms. The summed E-state index contributed by atoms with van der Waals surface area (Å²) in [6.07, 6.45) is 3.86. The molecule has 1 aliphatic heterocycles. The number of carbonyl (C=O) groups excluding carboxylic acids is 2. The van der Waals surface area contributed by atoms with Gasteiger partial charge in [0.1, 0.15) is 11.5 Å². The largest absolute Gasteiger partial charge is 0.507 e. The van der Waals surface area contributed by atoms with Crippen molar-refractivity contribution >= 4 is 45.7 Å². The maximum absolute atomic E-state index is 13.4. The SMILES string of the molecule is CCCOc1cccc(C2C(=C(O)c3ccncc3)C(=O)C(=O)N2c2nnc(SCc3ccccc3)s2)c1. The molecule has 1 fully saturated rings. The molecule has 1 saturated heterocycles. The van der Waals surface area contributed by atoms with E-state index in [1.54, 1.807) is 30.3 Å². The maximum Gasteiger partial charge on any atom is 0.301 e. The molecule has 192 valence electrons. The number of rotatable bonds is 9. The van der Waals surface area contributed by atoms with Crippen molar-refractivity contribution in [1.82, 2.24) is 15.2 Å². The predicted octanol–water partition coefficient (Wildman–Crippen LogP) is 5.64. The number of benzene rings is 2. The molecule has 0 aliphatic carbocycles. The molecule has 1 unspecified atom stereocenters. The van der Waals surface area contributed by atoms with Gasteiger partial charge in [-0.1, -0.05) is 72.5 Å². The Morgan fingerprint density at radius 3 is 2.61 bits per heavy atom. The van der Waals surface area contributed by atoms with Crippen molar-refractivity contribution in [1.29, 1.82) is 0 Å². The molecule has 4 aromatic rings. The van der Waals surface area contributed by atoms with Gasteiger partial charge in [-0.15, -0.1) is 10.2 Å². The van der Waals surface area contributed by atoms with Crippen LogP contribution in [0.4, 0.5) is 5.13 Å². The van der Waals surface area contributed by atoms with E-state index in [0.29, 0.717) is 33.6 Å². The average Bonchev–Trinajstić information content (AvgIpc) is 3.53. The highest BCUT2D eigenvalue weighted by atomic mass is 32.2. The maximum atomic E-state index is 13.4. The Kier molecular flexibility index (Phi) is 7.81. The number of aliphatic hydroxyl groups is 1. The van der Waals surface area contributed by atoms with Crippen molar-refractivity contribution < 1.29 is 19.4 Å². The van der Waals surface area contributed by atoms with Crippen LogP contribution in [0.3, 0.4) is 0 Å². The Hall–Kier alpha value is -4.02. The molecular weight excluding hydrogens is 520 g/mol. The van der Waals surface area contributed by atoms with Gasteiger partial charge < -0.3 is 9.84 Å². The second kappa shape index (κ2) is 11.6. The molecule has 8 nitrogen and oxygen atoms in total. The summed E-state index contributed by atoms with van der Waals surface area (Å²) in [7, 11) is 0. The lowest BCUT2D eigenvalue weighted by atomic mass is 9.95. The van der Waals surface area contributed by atoms with Crippen LogP contribution in [-0.4, -0.2) is 38.6 Å². The Labute approximate surface area is 228 Å². The monoisotopic (exact) mass is 544 g/mol. The number of aliphatic hydroxyl groups excluding tert-OH is 1. The second-order valence-electron chi connectivity index (χ2n) is 8.45. The molecule has 1 atom stereocenters. The van der Waals surface area contributed by atoms with Crippen LogP contribution in [0, 0.1) is 0 Å². The van der Waals surface area contributed by atoms with Gasteiger partial charge in [0, 0.05) is 23.7 Å². The van der Waals surface area contributed by atoms with Gasteiger partial charge in [-0.25, -0.2) is 0 Å². The highest BCUT2D eigenvalue weighted by Gasteiger charge is 2.48. The highest BCUT2D eigenvalue weighted by molar-refractivity contribution is 8.00. The van der Waals surface area contributed by atoms with Crippen LogP contribution in [0.25, 0.3) is 5.76 Å². The summed E-state index contributed by atoms with van der Waals surface area (Å²) in [5.41, 5.74) is 2.11. The van der Waals surface area contributed by atoms with E-state index in [9.17, 15) is 14.7 Å². The lowest BCUT2D eigenvalue weighted by Gasteiger charge is -2.23. The first kappa shape index (κ1) is 25.6. The van der Waals surface area contributed by atoms with Crippen molar-refractivity contribution in [2.45, 2.75) is 29.5 Å². The number of ether oxygens (including phenoxy) is 1. The van der Waals surface area contributed by atoms with Gasteiger partial charge in [0.15, 0.2) is 4.34 Å². The average molecular weight is 545 g/mol. The van der Waals surface area contributed by atoms with Gasteiger partial charge in [0.2, 0.25) is 5.13 Å². The van der Waals surface area contributed by atoms with Crippen molar-refractivity contribution in [2.24, 2.45) is 0 Å². The minimum Gasteiger partial charge on any atom is -0.507 e. The fraction of sp³-hybridized carbons (Fsp3) is 0.179. The van der Waals surface area contributed by atoms with E-state index in [1.807, 2.05) is 43.3 Å². The molecule has 1 aliphatic rings. The van der Waals surface area contributed by atoms with Crippen LogP contribution < -0.4 is 9.64 Å². The fourth-order valence-corrected chi connectivity index (χ4v) is 5.91. The number of aromatic nitrogens is 3. The fourth-order valence-electron chi connectivity index (χ4n) is 4.08. The number of ketones is 1. The molecule has 10 heteroatoms. The topological polar surface area (TPSA) is 106 Å². The molecule has 0 saturated carbocycles. The molecule has 5 rings (SSSR count). The lowest BCUT2D eigenvalue weighted by molar-refractivity contribution is -0.132. The zero-order valence-corrected chi connectivity index (χ0v) is 22.1. The number of thioether (sulfide) groups is 1. The third-order valence-corrected chi connectivity index (χ3v) is 7.98. The Balaban J connectivity index is 1.55. The molecule has 2 aromatic carbocycles. The molecule has 38 heavy (non-hydrogen) atoms. The summed E-state index contributed by atoms with van der Waals surface area (Å²) in [6.45, 7) is 2.54. The normalized spacial score (nSPS) is 16.7. The number of amides is 1. The van der Waals surface area contributed by atoms with E-state index < -0.39 is 17.7 Å². The van der Waals surface area contributed by atoms with Crippen LogP contribution >= 0.6 is 23.1 Å². The number of nitrogens with zero attached hydrogens (tertiary/aromatic N) is 4. The van der Waals surface area contributed by atoms with Gasteiger partial charge in [-0.3, -0.25) is 19.5 Å². The number of Topliss-reactive ketones (excluding diaryl/α,β-unsaturated/α-hetero) is 1. The van der Waals surface area contributed by atoms with E-state index >= 15 is 0 Å². The molecular formula is C28H24N4O4S2. The number of hydrogen-bond donors (Lipinski definition) is 1.